The highest BCUT2D eigenvalue weighted by atomic mass is 19.1. The molecule has 72 valence electrons. The maximum Gasteiger partial charge on any atom is 0.149 e. The van der Waals surface area contributed by atoms with Crippen molar-refractivity contribution in [3.63, 3.8) is 0 Å². The summed E-state index contributed by atoms with van der Waals surface area (Å²) in [5.74, 6) is 0.437. The predicted octanol–water partition coefficient (Wildman–Crippen LogP) is 2.81. The van der Waals surface area contributed by atoms with Gasteiger partial charge in [0.1, 0.15) is 17.2 Å². The first-order valence-electron chi connectivity index (χ1n) is 4.60. The molecule has 0 atom stereocenters. The molecule has 2 aromatic rings. The van der Waals surface area contributed by atoms with Gasteiger partial charge < -0.3 is 5.32 Å². The van der Waals surface area contributed by atoms with Crippen molar-refractivity contribution in [2.45, 2.75) is 6.92 Å². The minimum absolute atomic E-state index is 0.276. The molecule has 2 nitrogen and oxygen atoms in total. The van der Waals surface area contributed by atoms with Crippen molar-refractivity contribution in [2.24, 2.45) is 0 Å². The summed E-state index contributed by atoms with van der Waals surface area (Å²) >= 11 is 0. The van der Waals surface area contributed by atoms with E-state index in [0.29, 0.717) is 11.3 Å². The van der Waals surface area contributed by atoms with Crippen LogP contribution in [0.15, 0.2) is 30.3 Å². The van der Waals surface area contributed by atoms with Gasteiger partial charge in [-0.25, -0.2) is 9.37 Å². The molecule has 1 aromatic heterocycles. The molecule has 2 rings (SSSR count). The number of aromatic nitrogens is 1. The van der Waals surface area contributed by atoms with E-state index in [1.165, 1.54) is 6.07 Å². The normalized spacial score (nSPS) is 10.4. The standard InChI is InChI=1S/C11H11FN2/c1-2-13-10-7-6-8-4-3-5-9(12)11(8)14-10/h3-7H,2H2,1H3,(H,13,14). The van der Waals surface area contributed by atoms with Crippen LogP contribution in [0.2, 0.25) is 0 Å². The van der Waals surface area contributed by atoms with E-state index in [2.05, 4.69) is 10.3 Å². The van der Waals surface area contributed by atoms with E-state index in [4.69, 9.17) is 0 Å². The van der Waals surface area contributed by atoms with Gasteiger partial charge in [0.2, 0.25) is 0 Å². The molecule has 1 N–H and O–H groups in total. The van der Waals surface area contributed by atoms with Crippen LogP contribution in [0.5, 0.6) is 0 Å². The number of hydrogen-bond donors (Lipinski definition) is 1. The first-order chi connectivity index (χ1) is 6.81. The largest absolute Gasteiger partial charge is 0.370 e. The van der Waals surface area contributed by atoms with E-state index < -0.39 is 0 Å². The summed E-state index contributed by atoms with van der Waals surface area (Å²) in [5, 5.41) is 3.87. The lowest BCUT2D eigenvalue weighted by Gasteiger charge is -2.03. The van der Waals surface area contributed by atoms with E-state index in [1.807, 2.05) is 25.1 Å². The highest BCUT2D eigenvalue weighted by Gasteiger charge is 2.01. The van der Waals surface area contributed by atoms with Gasteiger partial charge in [0.05, 0.1) is 0 Å². The van der Waals surface area contributed by atoms with Gasteiger partial charge in [0.25, 0.3) is 0 Å². The highest BCUT2D eigenvalue weighted by Crippen LogP contribution is 2.17. The lowest BCUT2D eigenvalue weighted by Crippen LogP contribution is -1.99. The van der Waals surface area contributed by atoms with Gasteiger partial charge in [-0.2, -0.15) is 0 Å². The van der Waals surface area contributed by atoms with Gasteiger partial charge in [-0.15, -0.1) is 0 Å². The van der Waals surface area contributed by atoms with Crippen molar-refractivity contribution in [1.29, 1.82) is 0 Å². The average Bonchev–Trinajstić information content (AvgIpc) is 2.20. The molecule has 14 heavy (non-hydrogen) atoms. The van der Waals surface area contributed by atoms with Crippen LogP contribution in [-0.4, -0.2) is 11.5 Å². The maximum absolute atomic E-state index is 13.3. The third kappa shape index (κ3) is 1.53. The zero-order chi connectivity index (χ0) is 9.97. The van der Waals surface area contributed by atoms with Crippen molar-refractivity contribution < 1.29 is 4.39 Å². The van der Waals surface area contributed by atoms with Crippen LogP contribution in [0.1, 0.15) is 6.92 Å². The van der Waals surface area contributed by atoms with E-state index in [-0.39, 0.29) is 5.82 Å². The van der Waals surface area contributed by atoms with Crippen LogP contribution in [0, 0.1) is 5.82 Å². The van der Waals surface area contributed by atoms with Crippen molar-refractivity contribution in [2.75, 3.05) is 11.9 Å². The number of pyridine rings is 1. The van der Waals surface area contributed by atoms with Crippen LogP contribution >= 0.6 is 0 Å². The summed E-state index contributed by atoms with van der Waals surface area (Å²) in [6.45, 7) is 2.76. The third-order valence-electron chi connectivity index (χ3n) is 2.03. The monoisotopic (exact) mass is 190 g/mol. The number of rotatable bonds is 2. The number of fused-ring (bicyclic) bond motifs is 1. The van der Waals surface area contributed by atoms with Gasteiger partial charge >= 0.3 is 0 Å². The van der Waals surface area contributed by atoms with Crippen molar-refractivity contribution in [3.8, 4) is 0 Å². The van der Waals surface area contributed by atoms with Crippen LogP contribution in [0.25, 0.3) is 10.9 Å². The SMILES string of the molecule is CCNc1ccc2cccc(F)c2n1. The lowest BCUT2D eigenvalue weighted by atomic mass is 10.2. The van der Waals surface area contributed by atoms with Gasteiger partial charge in [-0.1, -0.05) is 12.1 Å². The fraction of sp³-hybridized carbons (Fsp3) is 0.182. The van der Waals surface area contributed by atoms with Gasteiger partial charge in [0.15, 0.2) is 0 Å². The van der Waals surface area contributed by atoms with Crippen molar-refractivity contribution in [3.05, 3.63) is 36.1 Å². The summed E-state index contributed by atoms with van der Waals surface area (Å²) in [6.07, 6.45) is 0. The molecule has 0 aliphatic heterocycles. The van der Waals surface area contributed by atoms with E-state index in [0.717, 1.165) is 11.9 Å². The Morgan fingerprint density at radius 1 is 1.29 bits per heavy atom. The predicted molar refractivity (Wildman–Crippen MR) is 55.9 cm³/mol. The smallest absolute Gasteiger partial charge is 0.149 e. The fourth-order valence-electron chi connectivity index (χ4n) is 1.39. The maximum atomic E-state index is 13.3. The Labute approximate surface area is 81.8 Å². The van der Waals surface area contributed by atoms with Gasteiger partial charge in [-0.05, 0) is 25.1 Å². The minimum atomic E-state index is -0.276. The van der Waals surface area contributed by atoms with Crippen molar-refractivity contribution in [1.82, 2.24) is 4.98 Å². The molecular weight excluding hydrogens is 179 g/mol. The number of para-hydroxylation sites is 1. The molecule has 1 heterocycles. The quantitative estimate of drug-likeness (QED) is 0.787. The Morgan fingerprint density at radius 3 is 2.93 bits per heavy atom. The van der Waals surface area contributed by atoms with Crippen LogP contribution in [0.3, 0.4) is 0 Å². The van der Waals surface area contributed by atoms with Crippen LogP contribution in [0.4, 0.5) is 10.2 Å². The number of benzene rings is 1. The van der Waals surface area contributed by atoms with Gasteiger partial charge in [0, 0.05) is 11.9 Å². The molecule has 1 aromatic carbocycles. The van der Waals surface area contributed by atoms with E-state index in [1.54, 1.807) is 6.07 Å². The van der Waals surface area contributed by atoms with Crippen LogP contribution in [-0.2, 0) is 0 Å². The molecule has 0 aliphatic rings. The Hall–Kier alpha value is -1.64. The van der Waals surface area contributed by atoms with E-state index >= 15 is 0 Å². The molecule has 0 fully saturated rings. The Bertz CT molecular complexity index is 454. The molecule has 0 radical (unpaired) electrons. The highest BCUT2D eigenvalue weighted by molar-refractivity contribution is 5.80. The summed E-state index contributed by atoms with van der Waals surface area (Å²) in [5.41, 5.74) is 0.422. The Kier molecular flexibility index (Phi) is 2.31. The Balaban J connectivity index is 2.58. The number of hydrogen-bond acceptors (Lipinski definition) is 2. The lowest BCUT2D eigenvalue weighted by molar-refractivity contribution is 0.637. The minimum Gasteiger partial charge on any atom is -0.370 e. The molecule has 0 saturated heterocycles. The van der Waals surface area contributed by atoms with Crippen LogP contribution < -0.4 is 5.32 Å². The fourth-order valence-corrected chi connectivity index (χ4v) is 1.39. The van der Waals surface area contributed by atoms with Gasteiger partial charge in [-0.3, -0.25) is 0 Å². The second-order valence-corrected chi connectivity index (χ2v) is 3.04. The number of halogens is 1. The summed E-state index contributed by atoms with van der Waals surface area (Å²) < 4.78 is 13.3. The molecule has 3 heteroatoms. The first kappa shape index (κ1) is 8.94. The molecule has 0 amide bonds. The topological polar surface area (TPSA) is 24.9 Å². The summed E-state index contributed by atoms with van der Waals surface area (Å²) in [4.78, 5) is 4.18. The molecule has 0 spiro atoms. The molecule has 0 bridgehead atoms. The number of nitrogens with one attached hydrogen (secondary N) is 1. The summed E-state index contributed by atoms with van der Waals surface area (Å²) in [7, 11) is 0. The first-order valence-corrected chi connectivity index (χ1v) is 4.60. The van der Waals surface area contributed by atoms with Crippen molar-refractivity contribution >= 4 is 16.7 Å². The zero-order valence-corrected chi connectivity index (χ0v) is 7.92. The summed E-state index contributed by atoms with van der Waals surface area (Å²) in [6, 6.07) is 8.67. The second-order valence-electron chi connectivity index (χ2n) is 3.04. The third-order valence-corrected chi connectivity index (χ3v) is 2.03. The molecule has 0 aliphatic carbocycles. The number of nitrogens with zero attached hydrogens (tertiary/aromatic N) is 1. The van der Waals surface area contributed by atoms with E-state index in [9.17, 15) is 4.39 Å². The molecule has 0 saturated carbocycles. The number of anilines is 1. The second kappa shape index (κ2) is 3.62. The molecule has 0 unspecified atom stereocenters. The molecular formula is C11H11FN2. The average molecular weight is 190 g/mol. The zero-order valence-electron chi connectivity index (χ0n) is 7.92. The Morgan fingerprint density at radius 2 is 2.14 bits per heavy atom.